The van der Waals surface area contributed by atoms with Gasteiger partial charge in [-0.15, -0.1) is 0 Å². The number of hydrogen-bond acceptors (Lipinski definition) is 3. The van der Waals surface area contributed by atoms with E-state index in [9.17, 15) is 0 Å². The third kappa shape index (κ3) is 4.80. The van der Waals surface area contributed by atoms with E-state index in [-0.39, 0.29) is 0 Å². The van der Waals surface area contributed by atoms with Crippen molar-refractivity contribution in [2.24, 2.45) is 4.99 Å². The Labute approximate surface area is 143 Å². The molecule has 23 heavy (non-hydrogen) atoms. The summed E-state index contributed by atoms with van der Waals surface area (Å²) in [5, 5.41) is 7.51. The zero-order chi connectivity index (χ0) is 15.9. The largest absolute Gasteiger partial charge is 0.493 e. The van der Waals surface area contributed by atoms with Crippen molar-refractivity contribution < 1.29 is 4.74 Å². The molecule has 0 radical (unpaired) electrons. The second-order valence-corrected chi connectivity index (χ2v) is 7.48. The maximum absolute atomic E-state index is 5.56. The van der Waals surface area contributed by atoms with Gasteiger partial charge >= 0.3 is 0 Å². The van der Waals surface area contributed by atoms with Crippen LogP contribution in [0.3, 0.4) is 0 Å². The first-order chi connectivity index (χ1) is 11.3. The Morgan fingerprint density at radius 3 is 3.17 bits per heavy atom. The van der Waals surface area contributed by atoms with E-state index in [4.69, 9.17) is 9.73 Å². The maximum atomic E-state index is 5.56. The fourth-order valence-electron chi connectivity index (χ4n) is 3.04. The van der Waals surface area contributed by atoms with Gasteiger partial charge < -0.3 is 15.4 Å². The van der Waals surface area contributed by atoms with Crippen LogP contribution in [0.1, 0.15) is 30.9 Å². The lowest BCUT2D eigenvalue weighted by Crippen LogP contribution is -2.38. The smallest absolute Gasteiger partial charge is 0.191 e. The molecule has 1 aromatic carbocycles. The van der Waals surface area contributed by atoms with Crippen LogP contribution in [0.5, 0.6) is 5.75 Å². The summed E-state index contributed by atoms with van der Waals surface area (Å²) in [4.78, 5) is 4.74. The van der Waals surface area contributed by atoms with E-state index in [1.807, 2.05) is 0 Å². The topological polar surface area (TPSA) is 45.7 Å². The van der Waals surface area contributed by atoms with Crippen molar-refractivity contribution in [2.75, 3.05) is 32.0 Å². The average molecular weight is 334 g/mol. The highest BCUT2D eigenvalue weighted by molar-refractivity contribution is 8.00. The number of guanidine groups is 1. The molecule has 1 unspecified atom stereocenters. The molecule has 0 saturated carbocycles. The average Bonchev–Trinajstić information content (AvgIpc) is 3.23. The number of fused-ring (bicyclic) bond motifs is 1. The summed E-state index contributed by atoms with van der Waals surface area (Å²) in [6, 6.07) is 6.56. The second-order valence-electron chi connectivity index (χ2n) is 6.07. The van der Waals surface area contributed by atoms with Gasteiger partial charge in [-0.25, -0.2) is 0 Å². The molecule has 5 heteroatoms. The first kappa shape index (κ1) is 16.5. The van der Waals surface area contributed by atoms with Crippen molar-refractivity contribution in [2.45, 2.75) is 37.9 Å². The fraction of sp³-hybridized carbons (Fsp3) is 0.611. The number of benzene rings is 1. The van der Waals surface area contributed by atoms with Crippen LogP contribution in [0.2, 0.25) is 0 Å². The van der Waals surface area contributed by atoms with Crippen molar-refractivity contribution >= 4 is 17.7 Å². The monoisotopic (exact) mass is 333 g/mol. The lowest BCUT2D eigenvalue weighted by Gasteiger charge is -2.13. The van der Waals surface area contributed by atoms with Crippen LogP contribution in [0, 0.1) is 0 Å². The third-order valence-corrected chi connectivity index (χ3v) is 5.66. The molecule has 1 aromatic rings. The molecule has 2 heterocycles. The molecule has 3 rings (SSSR count). The number of thioether (sulfide) groups is 1. The van der Waals surface area contributed by atoms with Gasteiger partial charge in [0.05, 0.1) is 13.2 Å². The summed E-state index contributed by atoms with van der Waals surface area (Å²) in [6.07, 6.45) is 4.71. The van der Waals surface area contributed by atoms with Crippen molar-refractivity contribution in [3.63, 3.8) is 0 Å². The summed E-state index contributed by atoms with van der Waals surface area (Å²) >= 11 is 2.06. The summed E-state index contributed by atoms with van der Waals surface area (Å²) in [5.41, 5.74) is 2.71. The zero-order valence-corrected chi connectivity index (χ0v) is 14.8. The van der Waals surface area contributed by atoms with Gasteiger partial charge in [0.25, 0.3) is 0 Å². The van der Waals surface area contributed by atoms with Crippen LogP contribution in [0.4, 0.5) is 0 Å². The molecule has 1 atom stereocenters. The van der Waals surface area contributed by atoms with E-state index in [0.29, 0.717) is 5.25 Å². The number of hydrogen-bond donors (Lipinski definition) is 2. The Hall–Kier alpha value is -1.36. The third-order valence-electron chi connectivity index (χ3n) is 4.28. The second kappa shape index (κ2) is 8.48. The van der Waals surface area contributed by atoms with Gasteiger partial charge in [0.1, 0.15) is 5.75 Å². The van der Waals surface area contributed by atoms with E-state index in [1.165, 1.54) is 29.7 Å². The molecular formula is C18H27N3OS. The van der Waals surface area contributed by atoms with Crippen molar-refractivity contribution in [1.29, 1.82) is 0 Å². The molecule has 0 aliphatic carbocycles. The highest BCUT2D eigenvalue weighted by atomic mass is 32.2. The number of nitrogens with one attached hydrogen (secondary N) is 2. The zero-order valence-electron chi connectivity index (χ0n) is 13.9. The molecule has 1 fully saturated rings. The Kier molecular flexibility index (Phi) is 6.08. The molecule has 1 saturated heterocycles. The van der Waals surface area contributed by atoms with Crippen molar-refractivity contribution in [3.05, 3.63) is 29.3 Å². The molecule has 2 aliphatic rings. The van der Waals surface area contributed by atoms with Gasteiger partial charge in [-0.05, 0) is 49.1 Å². The minimum atomic E-state index is 0.710. The molecular weight excluding hydrogens is 306 g/mol. The first-order valence-electron chi connectivity index (χ1n) is 8.73. The van der Waals surface area contributed by atoms with Crippen molar-refractivity contribution in [3.8, 4) is 5.75 Å². The van der Waals surface area contributed by atoms with Gasteiger partial charge in [-0.2, -0.15) is 11.8 Å². The SMILES string of the molecule is CCNC(=NCC1CCCS1)NCCc1ccc2c(c1)CCO2. The Morgan fingerprint density at radius 2 is 2.35 bits per heavy atom. The first-order valence-corrected chi connectivity index (χ1v) is 9.78. The van der Waals surface area contributed by atoms with Crippen LogP contribution in [0.15, 0.2) is 23.2 Å². The summed E-state index contributed by atoms with van der Waals surface area (Å²) in [6.45, 7) is 5.68. The number of aliphatic imine (C=N–C) groups is 1. The maximum Gasteiger partial charge on any atom is 0.191 e. The fourth-order valence-corrected chi connectivity index (χ4v) is 4.22. The molecule has 0 amide bonds. The normalized spacial score (nSPS) is 20.2. The highest BCUT2D eigenvalue weighted by Crippen LogP contribution is 2.26. The Balaban J connectivity index is 1.47. The lowest BCUT2D eigenvalue weighted by molar-refractivity contribution is 0.357. The minimum Gasteiger partial charge on any atom is -0.493 e. The van der Waals surface area contributed by atoms with Crippen LogP contribution in [0.25, 0.3) is 0 Å². The van der Waals surface area contributed by atoms with Crippen LogP contribution >= 0.6 is 11.8 Å². The predicted molar refractivity (Wildman–Crippen MR) is 98.8 cm³/mol. The summed E-state index contributed by atoms with van der Waals surface area (Å²) in [5.74, 6) is 3.31. The number of rotatable bonds is 6. The van der Waals surface area contributed by atoms with E-state index >= 15 is 0 Å². The van der Waals surface area contributed by atoms with E-state index < -0.39 is 0 Å². The van der Waals surface area contributed by atoms with E-state index in [0.717, 1.165) is 50.8 Å². The van der Waals surface area contributed by atoms with Gasteiger partial charge in [-0.3, -0.25) is 4.99 Å². The van der Waals surface area contributed by atoms with Gasteiger partial charge in [0, 0.05) is 24.8 Å². The molecule has 0 spiro atoms. The summed E-state index contributed by atoms with van der Waals surface area (Å²) in [7, 11) is 0. The van der Waals surface area contributed by atoms with Crippen LogP contribution < -0.4 is 15.4 Å². The van der Waals surface area contributed by atoms with Gasteiger partial charge in [0.2, 0.25) is 0 Å². The molecule has 2 N–H and O–H groups in total. The summed E-state index contributed by atoms with van der Waals surface area (Å²) < 4.78 is 5.56. The van der Waals surface area contributed by atoms with Crippen LogP contribution in [-0.4, -0.2) is 43.2 Å². The van der Waals surface area contributed by atoms with Gasteiger partial charge in [0.15, 0.2) is 5.96 Å². The Morgan fingerprint density at radius 1 is 1.39 bits per heavy atom. The molecule has 0 bridgehead atoms. The molecule has 0 aromatic heterocycles. The number of nitrogens with zero attached hydrogens (tertiary/aromatic N) is 1. The lowest BCUT2D eigenvalue weighted by atomic mass is 10.1. The molecule has 4 nitrogen and oxygen atoms in total. The van der Waals surface area contributed by atoms with Gasteiger partial charge in [-0.1, -0.05) is 12.1 Å². The van der Waals surface area contributed by atoms with E-state index in [1.54, 1.807) is 0 Å². The quantitative estimate of drug-likeness (QED) is 0.620. The van der Waals surface area contributed by atoms with Crippen molar-refractivity contribution in [1.82, 2.24) is 10.6 Å². The number of ether oxygens (including phenoxy) is 1. The van der Waals surface area contributed by atoms with Crippen LogP contribution in [-0.2, 0) is 12.8 Å². The predicted octanol–water partition coefficient (Wildman–Crippen LogP) is 2.61. The standard InChI is InChI=1S/C18H27N3OS/c1-2-19-18(21-13-16-4-3-11-23-16)20-9-7-14-5-6-17-15(12-14)8-10-22-17/h5-6,12,16H,2-4,7-11,13H2,1H3,(H2,19,20,21). The highest BCUT2D eigenvalue weighted by Gasteiger charge is 2.15. The minimum absolute atomic E-state index is 0.710. The molecule has 126 valence electrons. The Bertz CT molecular complexity index is 541. The van der Waals surface area contributed by atoms with E-state index in [2.05, 4.69) is 47.5 Å². The molecule has 2 aliphatic heterocycles.